The van der Waals surface area contributed by atoms with Crippen molar-refractivity contribution in [3.8, 4) is 34.5 Å². The lowest BCUT2D eigenvalue weighted by Crippen LogP contribution is -2.26. The van der Waals surface area contributed by atoms with Gasteiger partial charge in [-0.3, -0.25) is 4.79 Å². The van der Waals surface area contributed by atoms with Crippen molar-refractivity contribution in [2.45, 2.75) is 18.9 Å². The topological polar surface area (TPSA) is 89.2 Å². The number of methoxy groups -OCH3 is 2. The van der Waals surface area contributed by atoms with Crippen molar-refractivity contribution in [1.82, 2.24) is 15.1 Å². The first-order chi connectivity index (χ1) is 15.1. The number of aromatic nitrogens is 2. The van der Waals surface area contributed by atoms with Crippen molar-refractivity contribution in [3.63, 3.8) is 0 Å². The predicted octanol–water partition coefficient (Wildman–Crippen LogP) is 3.74. The molecule has 1 saturated carbocycles. The van der Waals surface area contributed by atoms with Gasteiger partial charge in [-0.25, -0.2) is 4.68 Å². The molecule has 4 rings (SSSR count). The maximum Gasteiger partial charge on any atom is 0.262 e. The number of hydrogen-bond donors (Lipinski definition) is 1. The molecule has 1 aliphatic carbocycles. The van der Waals surface area contributed by atoms with Gasteiger partial charge >= 0.3 is 0 Å². The summed E-state index contributed by atoms with van der Waals surface area (Å²) in [6.07, 6.45) is 5.26. The highest BCUT2D eigenvalue weighted by molar-refractivity contribution is 6.02. The van der Waals surface area contributed by atoms with Crippen LogP contribution in [-0.2, 0) is 4.79 Å². The maximum absolute atomic E-state index is 12.5. The molecular formula is C24H22N4O3. The van der Waals surface area contributed by atoms with Crippen LogP contribution >= 0.6 is 0 Å². The highest BCUT2D eigenvalue weighted by Gasteiger charge is 2.25. The van der Waals surface area contributed by atoms with Gasteiger partial charge in [-0.2, -0.15) is 10.4 Å². The summed E-state index contributed by atoms with van der Waals surface area (Å²) in [7, 11) is 3.17. The molecule has 7 nitrogen and oxygen atoms in total. The van der Waals surface area contributed by atoms with Crippen molar-refractivity contribution in [2.75, 3.05) is 14.2 Å². The molecule has 31 heavy (non-hydrogen) atoms. The third kappa shape index (κ3) is 4.43. The van der Waals surface area contributed by atoms with Crippen LogP contribution in [0.15, 0.2) is 60.3 Å². The zero-order valence-corrected chi connectivity index (χ0v) is 17.3. The third-order valence-electron chi connectivity index (χ3n) is 5.00. The van der Waals surface area contributed by atoms with Gasteiger partial charge in [-0.15, -0.1) is 0 Å². The Balaban J connectivity index is 1.86. The molecule has 3 aromatic rings. The van der Waals surface area contributed by atoms with Crippen LogP contribution in [0.2, 0.25) is 0 Å². The molecule has 2 aromatic carbocycles. The predicted molar refractivity (Wildman–Crippen MR) is 117 cm³/mol. The Morgan fingerprint density at radius 2 is 1.97 bits per heavy atom. The minimum atomic E-state index is -0.374. The van der Waals surface area contributed by atoms with Crippen LogP contribution in [-0.4, -0.2) is 35.9 Å². The largest absolute Gasteiger partial charge is 0.497 e. The molecule has 0 radical (unpaired) electrons. The standard InChI is InChI=1S/C24H22N4O3/c1-30-20-10-11-22(31-2)21(13-20)23-17(12-16(14-25)24(29)26-18-8-9-18)15-28(27-23)19-6-4-3-5-7-19/h3-7,10-13,15,18H,8-9H2,1-2H3,(H,26,29)/b16-12+. The Bertz CT molecular complexity index is 1170. The summed E-state index contributed by atoms with van der Waals surface area (Å²) >= 11 is 0. The molecular weight excluding hydrogens is 392 g/mol. The Morgan fingerprint density at radius 3 is 2.61 bits per heavy atom. The van der Waals surface area contributed by atoms with Crippen LogP contribution < -0.4 is 14.8 Å². The van der Waals surface area contributed by atoms with Gasteiger partial charge in [0.05, 0.1) is 19.9 Å². The van der Waals surface area contributed by atoms with Gasteiger partial charge in [0.15, 0.2) is 0 Å². The highest BCUT2D eigenvalue weighted by Crippen LogP contribution is 2.35. The van der Waals surface area contributed by atoms with Crippen molar-refractivity contribution in [1.29, 1.82) is 5.26 Å². The zero-order chi connectivity index (χ0) is 21.8. The van der Waals surface area contributed by atoms with Gasteiger partial charge in [0, 0.05) is 23.4 Å². The van der Waals surface area contributed by atoms with Crippen molar-refractivity contribution >= 4 is 12.0 Å². The monoisotopic (exact) mass is 414 g/mol. The van der Waals surface area contributed by atoms with Gasteiger partial charge in [0.25, 0.3) is 5.91 Å². The lowest BCUT2D eigenvalue weighted by molar-refractivity contribution is -0.117. The average Bonchev–Trinajstić information content (AvgIpc) is 3.53. The van der Waals surface area contributed by atoms with Crippen molar-refractivity contribution in [2.24, 2.45) is 0 Å². The molecule has 0 atom stereocenters. The second kappa shape index (κ2) is 8.76. The summed E-state index contributed by atoms with van der Waals surface area (Å²) in [6.45, 7) is 0. The number of nitrogens with one attached hydrogen (secondary N) is 1. The maximum atomic E-state index is 12.5. The molecule has 1 aliphatic rings. The van der Waals surface area contributed by atoms with Gasteiger partial charge in [-0.05, 0) is 49.2 Å². The number of carbonyl (C=O) groups excluding carboxylic acids is 1. The van der Waals surface area contributed by atoms with Crippen LogP contribution in [0.4, 0.5) is 0 Å². The second-order valence-corrected chi connectivity index (χ2v) is 7.20. The molecule has 1 N–H and O–H groups in total. The molecule has 1 fully saturated rings. The molecule has 0 spiro atoms. The van der Waals surface area contributed by atoms with E-state index in [4.69, 9.17) is 14.6 Å². The van der Waals surface area contributed by atoms with Crippen LogP contribution in [0.1, 0.15) is 18.4 Å². The fourth-order valence-corrected chi connectivity index (χ4v) is 3.21. The van der Waals surface area contributed by atoms with Crippen LogP contribution in [0.5, 0.6) is 11.5 Å². The first-order valence-electron chi connectivity index (χ1n) is 9.93. The molecule has 7 heteroatoms. The third-order valence-corrected chi connectivity index (χ3v) is 5.00. The van der Waals surface area contributed by atoms with Gasteiger partial charge in [0.2, 0.25) is 0 Å². The van der Waals surface area contributed by atoms with E-state index in [-0.39, 0.29) is 17.5 Å². The Hall–Kier alpha value is -4.05. The number of ether oxygens (including phenoxy) is 2. The van der Waals surface area contributed by atoms with E-state index < -0.39 is 0 Å². The fourth-order valence-electron chi connectivity index (χ4n) is 3.21. The van der Waals surface area contributed by atoms with Crippen LogP contribution in [0.25, 0.3) is 23.0 Å². The van der Waals surface area contributed by atoms with Gasteiger partial charge < -0.3 is 14.8 Å². The number of nitrogens with zero attached hydrogens (tertiary/aromatic N) is 3. The van der Waals surface area contributed by atoms with Gasteiger partial charge in [-0.1, -0.05) is 18.2 Å². The molecule has 1 amide bonds. The smallest absolute Gasteiger partial charge is 0.262 e. The number of rotatable bonds is 7. The zero-order valence-electron chi connectivity index (χ0n) is 17.3. The average molecular weight is 414 g/mol. The molecule has 0 aliphatic heterocycles. The number of hydrogen-bond acceptors (Lipinski definition) is 5. The van der Waals surface area contributed by atoms with E-state index in [0.717, 1.165) is 18.5 Å². The molecule has 0 bridgehead atoms. The number of benzene rings is 2. The van der Waals surface area contributed by atoms with Crippen LogP contribution in [0.3, 0.4) is 0 Å². The van der Waals surface area contributed by atoms with Crippen LogP contribution in [0, 0.1) is 11.3 Å². The number of para-hydroxylation sites is 1. The number of amides is 1. The van der Waals surface area contributed by atoms with E-state index in [2.05, 4.69) is 5.32 Å². The molecule has 0 unspecified atom stereocenters. The summed E-state index contributed by atoms with van der Waals surface area (Å²) in [5.74, 6) is 0.877. The SMILES string of the molecule is COc1ccc(OC)c(-c2nn(-c3ccccc3)cc2/C=C(\C#N)C(=O)NC2CC2)c1. The minimum Gasteiger partial charge on any atom is -0.497 e. The first-order valence-corrected chi connectivity index (χ1v) is 9.93. The molecule has 0 saturated heterocycles. The quantitative estimate of drug-likeness (QED) is 0.470. The van der Waals surface area contributed by atoms with Gasteiger partial charge in [0.1, 0.15) is 28.8 Å². The summed E-state index contributed by atoms with van der Waals surface area (Å²) in [4.78, 5) is 12.5. The van der Waals surface area contributed by atoms with E-state index >= 15 is 0 Å². The van der Waals surface area contributed by atoms with E-state index in [1.165, 1.54) is 0 Å². The lowest BCUT2D eigenvalue weighted by Gasteiger charge is -2.09. The normalized spacial score (nSPS) is 13.4. The summed E-state index contributed by atoms with van der Waals surface area (Å²) in [6, 6.07) is 17.2. The lowest BCUT2D eigenvalue weighted by atomic mass is 10.0. The Kier molecular flexibility index (Phi) is 5.72. The molecule has 1 heterocycles. The summed E-state index contributed by atoms with van der Waals surface area (Å²) < 4.78 is 12.6. The Labute approximate surface area is 180 Å². The molecule has 1 aromatic heterocycles. The highest BCUT2D eigenvalue weighted by atomic mass is 16.5. The van der Waals surface area contributed by atoms with E-state index in [1.54, 1.807) is 43.3 Å². The van der Waals surface area contributed by atoms with Crippen molar-refractivity contribution < 1.29 is 14.3 Å². The minimum absolute atomic E-state index is 0.0302. The van der Waals surface area contributed by atoms with E-state index in [0.29, 0.717) is 28.3 Å². The molecule has 156 valence electrons. The van der Waals surface area contributed by atoms with E-state index in [9.17, 15) is 10.1 Å². The Morgan fingerprint density at radius 1 is 1.19 bits per heavy atom. The van der Waals surface area contributed by atoms with Crippen molar-refractivity contribution in [3.05, 3.63) is 65.9 Å². The summed E-state index contributed by atoms with van der Waals surface area (Å²) in [5, 5.41) is 17.2. The van der Waals surface area contributed by atoms with E-state index in [1.807, 2.05) is 42.5 Å². The summed E-state index contributed by atoms with van der Waals surface area (Å²) in [5.41, 5.74) is 2.78. The second-order valence-electron chi connectivity index (χ2n) is 7.20. The fraction of sp³-hybridized carbons (Fsp3) is 0.208. The number of carbonyl (C=O) groups is 1. The first kappa shape index (κ1) is 20.2. The number of nitriles is 1.